The molecule has 0 spiro atoms. The molecule has 4 rings (SSSR count). The summed E-state index contributed by atoms with van der Waals surface area (Å²) in [4.78, 5) is 17.4. The Kier molecular flexibility index (Phi) is 4.78. The maximum absolute atomic E-state index is 12.6. The van der Waals surface area contributed by atoms with Crippen molar-refractivity contribution in [3.8, 4) is 5.75 Å². The van der Waals surface area contributed by atoms with Gasteiger partial charge in [0.05, 0.1) is 17.9 Å². The van der Waals surface area contributed by atoms with Crippen molar-refractivity contribution in [2.24, 2.45) is 0 Å². The number of hydrogen-bond acceptors (Lipinski definition) is 7. The van der Waals surface area contributed by atoms with E-state index in [1.807, 2.05) is 24.7 Å². The molecule has 0 bridgehead atoms. The zero-order chi connectivity index (χ0) is 19.8. The summed E-state index contributed by atoms with van der Waals surface area (Å²) in [5.41, 5.74) is 3.18. The van der Waals surface area contributed by atoms with E-state index in [1.54, 1.807) is 19.1 Å². The summed E-state index contributed by atoms with van der Waals surface area (Å²) in [5, 5.41) is 24.4. The van der Waals surface area contributed by atoms with Crippen molar-refractivity contribution in [2.45, 2.75) is 26.8 Å². The molecule has 3 aromatic rings. The Bertz CT molecular complexity index is 1040. The number of phenols is 1. The lowest BCUT2D eigenvalue weighted by molar-refractivity contribution is 0.103. The number of amides is 1. The lowest BCUT2D eigenvalue weighted by Crippen LogP contribution is -2.43. The van der Waals surface area contributed by atoms with Crippen LogP contribution in [0, 0.1) is 20.8 Å². The van der Waals surface area contributed by atoms with Crippen LogP contribution in [0.1, 0.15) is 32.4 Å². The molecule has 0 saturated carbocycles. The third kappa shape index (κ3) is 3.46. The third-order valence-electron chi connectivity index (χ3n) is 4.89. The fourth-order valence-corrected chi connectivity index (χ4v) is 3.71. The van der Waals surface area contributed by atoms with E-state index in [0.29, 0.717) is 27.3 Å². The molecular weight excluding hydrogens is 376 g/mol. The predicted octanol–water partition coefficient (Wildman–Crippen LogP) is 3.11. The zero-order valence-electron chi connectivity index (χ0n) is 15.9. The molecule has 1 aliphatic rings. The summed E-state index contributed by atoms with van der Waals surface area (Å²) in [7, 11) is 0. The Balaban J connectivity index is 1.48. The number of thiazole rings is 1. The average Bonchev–Trinajstić information content (AvgIpc) is 3.21. The van der Waals surface area contributed by atoms with E-state index < -0.39 is 0 Å². The van der Waals surface area contributed by atoms with E-state index in [2.05, 4.69) is 26.0 Å². The second-order valence-corrected chi connectivity index (χ2v) is 7.99. The molecule has 0 unspecified atom stereocenters. The molecular formula is C19H22N6O2S. The molecule has 1 saturated heterocycles. The summed E-state index contributed by atoms with van der Waals surface area (Å²) in [6, 6.07) is 3.78. The molecule has 1 aliphatic heterocycles. The molecule has 2 aromatic heterocycles. The molecule has 1 amide bonds. The topological polar surface area (TPSA) is 104 Å². The smallest absolute Gasteiger partial charge is 0.267 e. The fourth-order valence-electron chi connectivity index (χ4n) is 3.00. The van der Waals surface area contributed by atoms with E-state index in [9.17, 15) is 9.90 Å². The van der Waals surface area contributed by atoms with Crippen molar-refractivity contribution in [3.05, 3.63) is 46.1 Å². The number of rotatable bonds is 5. The van der Waals surface area contributed by atoms with Gasteiger partial charge in [0, 0.05) is 30.4 Å². The molecule has 146 valence electrons. The number of aryl methyl sites for hydroxylation is 2. The number of aromatic nitrogens is 3. The Morgan fingerprint density at radius 2 is 2.07 bits per heavy atom. The van der Waals surface area contributed by atoms with Gasteiger partial charge in [0.25, 0.3) is 5.91 Å². The van der Waals surface area contributed by atoms with Crippen LogP contribution in [-0.2, 0) is 0 Å². The van der Waals surface area contributed by atoms with E-state index in [1.165, 1.54) is 17.5 Å². The summed E-state index contributed by atoms with van der Waals surface area (Å²) < 4.78 is 1.96. The largest absolute Gasteiger partial charge is 0.508 e. The number of carbonyl (C=O) groups excluding carboxylic acids is 1. The highest BCUT2D eigenvalue weighted by Gasteiger charge is 2.21. The van der Waals surface area contributed by atoms with Gasteiger partial charge in [0.1, 0.15) is 10.6 Å². The van der Waals surface area contributed by atoms with Crippen LogP contribution in [0.3, 0.4) is 0 Å². The lowest BCUT2D eigenvalue weighted by atomic mass is 10.1. The highest BCUT2D eigenvalue weighted by molar-refractivity contribution is 7.17. The Labute approximate surface area is 166 Å². The van der Waals surface area contributed by atoms with Gasteiger partial charge < -0.3 is 21.1 Å². The highest BCUT2D eigenvalue weighted by atomic mass is 32.1. The first-order valence-electron chi connectivity index (χ1n) is 9.02. The number of nitrogens with zero attached hydrogens (tertiary/aromatic N) is 3. The molecule has 0 radical (unpaired) electrons. The van der Waals surface area contributed by atoms with Crippen LogP contribution < -0.4 is 16.0 Å². The normalized spacial score (nSPS) is 14.0. The summed E-state index contributed by atoms with van der Waals surface area (Å²) >= 11 is 1.26. The molecule has 28 heavy (non-hydrogen) atoms. The Morgan fingerprint density at radius 1 is 1.29 bits per heavy atom. The van der Waals surface area contributed by atoms with Crippen LogP contribution in [-0.4, -0.2) is 38.9 Å². The monoisotopic (exact) mass is 398 g/mol. The Morgan fingerprint density at radius 3 is 2.79 bits per heavy atom. The van der Waals surface area contributed by atoms with Gasteiger partial charge in [0.2, 0.25) is 0 Å². The van der Waals surface area contributed by atoms with Gasteiger partial charge in [-0.05, 0) is 32.4 Å². The summed E-state index contributed by atoms with van der Waals surface area (Å²) in [6.45, 7) is 7.51. The van der Waals surface area contributed by atoms with Gasteiger partial charge in [-0.25, -0.2) is 4.98 Å². The fraction of sp³-hybridized carbons (Fsp3) is 0.316. The minimum Gasteiger partial charge on any atom is -0.508 e. The second kappa shape index (κ2) is 7.25. The first kappa shape index (κ1) is 18.5. The average molecular weight is 398 g/mol. The quantitative estimate of drug-likeness (QED) is 0.526. The van der Waals surface area contributed by atoms with Crippen LogP contribution in [0.4, 0.5) is 16.6 Å². The van der Waals surface area contributed by atoms with Gasteiger partial charge in [-0.2, -0.15) is 5.10 Å². The lowest BCUT2D eigenvalue weighted by Gasteiger charge is -2.27. The van der Waals surface area contributed by atoms with Crippen LogP contribution in [0.15, 0.2) is 24.5 Å². The van der Waals surface area contributed by atoms with Crippen molar-refractivity contribution in [2.75, 3.05) is 23.7 Å². The van der Waals surface area contributed by atoms with E-state index in [4.69, 9.17) is 0 Å². The molecule has 1 aromatic carbocycles. The van der Waals surface area contributed by atoms with Crippen molar-refractivity contribution in [1.29, 1.82) is 0 Å². The van der Waals surface area contributed by atoms with Gasteiger partial charge in [-0.1, -0.05) is 17.4 Å². The number of hydrogen-bond donors (Lipinski definition) is 4. The van der Waals surface area contributed by atoms with Crippen LogP contribution in [0.25, 0.3) is 0 Å². The first-order valence-corrected chi connectivity index (χ1v) is 9.84. The maximum Gasteiger partial charge on any atom is 0.267 e. The number of carbonyl (C=O) groups is 1. The van der Waals surface area contributed by atoms with Crippen LogP contribution in [0.5, 0.6) is 5.75 Å². The van der Waals surface area contributed by atoms with Gasteiger partial charge >= 0.3 is 0 Å². The number of benzene rings is 1. The van der Waals surface area contributed by atoms with Gasteiger partial charge in [-0.3, -0.25) is 9.48 Å². The first-order chi connectivity index (χ1) is 13.4. The van der Waals surface area contributed by atoms with E-state index in [-0.39, 0.29) is 11.7 Å². The van der Waals surface area contributed by atoms with Crippen LogP contribution >= 0.6 is 11.3 Å². The second-order valence-electron chi connectivity index (χ2n) is 6.96. The molecule has 8 nitrogen and oxygen atoms in total. The van der Waals surface area contributed by atoms with E-state index in [0.717, 1.165) is 30.0 Å². The molecule has 0 atom stereocenters. The molecule has 0 aliphatic carbocycles. The number of phenolic OH excluding ortho intramolecular Hbond substituents is 1. The standard InChI is InChI=1S/C19H22N6O2S/c1-10-4-5-14(26)12(3)16(10)22-18(27)15-8-21-19(28-15)23-17-11(2)9-25(24-17)13-6-20-7-13/h4-5,8-9,13,20,26H,6-7H2,1-3H3,(H,22,27)(H,21,23,24). The van der Waals surface area contributed by atoms with Crippen molar-refractivity contribution in [1.82, 2.24) is 20.1 Å². The maximum atomic E-state index is 12.6. The molecule has 4 N–H and O–H groups in total. The third-order valence-corrected chi connectivity index (χ3v) is 5.80. The number of nitrogens with one attached hydrogen (secondary N) is 3. The number of anilines is 3. The van der Waals surface area contributed by atoms with Crippen molar-refractivity contribution >= 4 is 33.9 Å². The molecule has 3 heterocycles. The van der Waals surface area contributed by atoms with E-state index >= 15 is 0 Å². The van der Waals surface area contributed by atoms with Gasteiger partial charge in [-0.15, -0.1) is 0 Å². The van der Waals surface area contributed by atoms with Crippen molar-refractivity contribution < 1.29 is 9.90 Å². The summed E-state index contributed by atoms with van der Waals surface area (Å²) in [6.07, 6.45) is 3.56. The predicted molar refractivity (Wildman–Crippen MR) is 110 cm³/mol. The molecule has 1 fully saturated rings. The van der Waals surface area contributed by atoms with Crippen molar-refractivity contribution in [3.63, 3.8) is 0 Å². The minimum atomic E-state index is -0.259. The Hall–Kier alpha value is -2.91. The highest BCUT2D eigenvalue weighted by Crippen LogP contribution is 2.30. The zero-order valence-corrected chi connectivity index (χ0v) is 16.7. The minimum absolute atomic E-state index is 0.153. The SMILES string of the molecule is Cc1cn(C2CNC2)nc1Nc1ncc(C(=O)Nc2c(C)ccc(O)c2C)s1. The molecule has 9 heteroatoms. The van der Waals surface area contributed by atoms with Gasteiger partial charge in [0.15, 0.2) is 10.9 Å². The number of aromatic hydroxyl groups is 1. The summed E-state index contributed by atoms with van der Waals surface area (Å²) in [5.74, 6) is 0.637. The van der Waals surface area contributed by atoms with Crippen LogP contribution in [0.2, 0.25) is 0 Å².